The minimum atomic E-state index is -0.219. The molecule has 0 aliphatic heterocycles. The summed E-state index contributed by atoms with van der Waals surface area (Å²) in [6, 6.07) is 10.3. The summed E-state index contributed by atoms with van der Waals surface area (Å²) < 4.78 is 1.77. The Hall–Kier alpha value is -2.47. The van der Waals surface area contributed by atoms with Crippen LogP contribution in [0.3, 0.4) is 0 Å². The van der Waals surface area contributed by atoms with E-state index in [1.54, 1.807) is 22.3 Å². The second-order valence-corrected chi connectivity index (χ2v) is 7.38. The third-order valence-corrected chi connectivity index (χ3v) is 4.85. The Morgan fingerprint density at radius 1 is 1.12 bits per heavy atom. The van der Waals surface area contributed by atoms with Gasteiger partial charge in [0.25, 0.3) is 5.91 Å². The number of nitrogens with one attached hydrogen (secondary N) is 1. The maximum atomic E-state index is 12.5. The first-order chi connectivity index (χ1) is 12.0. The van der Waals surface area contributed by atoms with Gasteiger partial charge in [-0.15, -0.1) is 11.3 Å². The summed E-state index contributed by atoms with van der Waals surface area (Å²) in [4.78, 5) is 17.0. The van der Waals surface area contributed by atoms with E-state index in [-0.39, 0.29) is 11.9 Å². The SMILES string of the molecule is CC(C)c1ccc(-c2nc(C(=O)Nc3ccnn3C(C)C)cs2)cc1. The Balaban J connectivity index is 1.76. The predicted octanol–water partition coefficient (Wildman–Crippen LogP) is 4.96. The molecule has 25 heavy (non-hydrogen) atoms. The van der Waals surface area contributed by atoms with Gasteiger partial charge in [-0.1, -0.05) is 38.1 Å². The van der Waals surface area contributed by atoms with Gasteiger partial charge in [0.2, 0.25) is 0 Å². The second kappa shape index (κ2) is 7.19. The first kappa shape index (κ1) is 17.4. The van der Waals surface area contributed by atoms with E-state index >= 15 is 0 Å². The zero-order chi connectivity index (χ0) is 18.0. The second-order valence-electron chi connectivity index (χ2n) is 6.52. The molecule has 0 aliphatic rings. The monoisotopic (exact) mass is 354 g/mol. The molecule has 0 saturated carbocycles. The molecule has 1 N–H and O–H groups in total. The van der Waals surface area contributed by atoms with E-state index in [4.69, 9.17) is 0 Å². The Bertz CT molecular complexity index is 862. The number of carbonyl (C=O) groups is 1. The summed E-state index contributed by atoms with van der Waals surface area (Å²) in [5.74, 6) is 0.956. The highest BCUT2D eigenvalue weighted by Gasteiger charge is 2.15. The number of benzene rings is 1. The lowest BCUT2D eigenvalue weighted by Crippen LogP contribution is -2.17. The average molecular weight is 354 g/mol. The van der Waals surface area contributed by atoms with E-state index in [9.17, 15) is 4.79 Å². The number of hydrogen-bond donors (Lipinski definition) is 1. The van der Waals surface area contributed by atoms with Crippen molar-refractivity contribution in [1.29, 1.82) is 0 Å². The van der Waals surface area contributed by atoms with Crippen molar-refractivity contribution in [2.75, 3.05) is 5.32 Å². The highest BCUT2D eigenvalue weighted by molar-refractivity contribution is 7.13. The number of aromatic nitrogens is 3. The van der Waals surface area contributed by atoms with Crippen LogP contribution in [0.25, 0.3) is 10.6 Å². The molecule has 0 atom stereocenters. The van der Waals surface area contributed by atoms with Gasteiger partial charge in [0.15, 0.2) is 0 Å². The maximum Gasteiger partial charge on any atom is 0.276 e. The van der Waals surface area contributed by atoms with Crippen LogP contribution in [0, 0.1) is 0 Å². The van der Waals surface area contributed by atoms with Crippen LogP contribution in [0.2, 0.25) is 0 Å². The number of carbonyl (C=O) groups excluding carboxylic acids is 1. The summed E-state index contributed by atoms with van der Waals surface area (Å²) in [6.07, 6.45) is 1.68. The molecule has 3 aromatic rings. The highest BCUT2D eigenvalue weighted by Crippen LogP contribution is 2.26. The van der Waals surface area contributed by atoms with Crippen molar-refractivity contribution in [1.82, 2.24) is 14.8 Å². The summed E-state index contributed by atoms with van der Waals surface area (Å²) in [5, 5.41) is 9.74. The quantitative estimate of drug-likeness (QED) is 0.704. The fourth-order valence-corrected chi connectivity index (χ4v) is 3.33. The van der Waals surface area contributed by atoms with E-state index in [0.717, 1.165) is 10.6 Å². The highest BCUT2D eigenvalue weighted by atomic mass is 32.1. The van der Waals surface area contributed by atoms with Gasteiger partial charge in [0.1, 0.15) is 16.5 Å². The molecule has 5 nitrogen and oxygen atoms in total. The lowest BCUT2D eigenvalue weighted by atomic mass is 10.0. The minimum Gasteiger partial charge on any atom is -0.305 e. The predicted molar refractivity (Wildman–Crippen MR) is 102 cm³/mol. The van der Waals surface area contributed by atoms with Crippen LogP contribution in [0.15, 0.2) is 41.9 Å². The van der Waals surface area contributed by atoms with Crippen LogP contribution in [-0.4, -0.2) is 20.7 Å². The average Bonchev–Trinajstić information content (AvgIpc) is 3.24. The number of thiazole rings is 1. The van der Waals surface area contributed by atoms with Crippen molar-refractivity contribution in [3.05, 3.63) is 53.2 Å². The number of hydrogen-bond acceptors (Lipinski definition) is 4. The molecular weight excluding hydrogens is 332 g/mol. The normalized spacial score (nSPS) is 11.3. The molecule has 0 spiro atoms. The number of nitrogens with zero attached hydrogens (tertiary/aromatic N) is 3. The van der Waals surface area contributed by atoms with Crippen molar-refractivity contribution in [3.63, 3.8) is 0 Å². The van der Waals surface area contributed by atoms with E-state index in [1.807, 2.05) is 13.8 Å². The van der Waals surface area contributed by atoms with E-state index in [1.165, 1.54) is 16.9 Å². The molecule has 0 fully saturated rings. The van der Waals surface area contributed by atoms with Crippen LogP contribution in [-0.2, 0) is 0 Å². The van der Waals surface area contributed by atoms with E-state index in [0.29, 0.717) is 17.4 Å². The van der Waals surface area contributed by atoms with Crippen molar-refractivity contribution >= 4 is 23.1 Å². The standard InChI is InChI=1S/C19H22N4OS/c1-12(2)14-5-7-15(8-6-14)19-21-16(11-25-19)18(24)22-17-9-10-20-23(17)13(3)4/h5-13H,1-4H3,(H,22,24). The maximum absolute atomic E-state index is 12.5. The molecule has 2 heterocycles. The molecule has 3 rings (SSSR count). The third kappa shape index (κ3) is 3.79. The smallest absolute Gasteiger partial charge is 0.276 e. The summed E-state index contributed by atoms with van der Waals surface area (Å²) in [5.41, 5.74) is 2.74. The Kier molecular flexibility index (Phi) is 4.99. The van der Waals surface area contributed by atoms with Crippen LogP contribution < -0.4 is 5.32 Å². The summed E-state index contributed by atoms with van der Waals surface area (Å²) >= 11 is 1.47. The fraction of sp³-hybridized carbons (Fsp3) is 0.316. The van der Waals surface area contributed by atoms with Gasteiger partial charge in [-0.05, 0) is 25.3 Å². The molecular formula is C19H22N4OS. The zero-order valence-electron chi connectivity index (χ0n) is 14.9. The Labute approximate surface area is 151 Å². The van der Waals surface area contributed by atoms with Gasteiger partial charge in [0, 0.05) is 23.1 Å². The van der Waals surface area contributed by atoms with Gasteiger partial charge in [-0.3, -0.25) is 4.79 Å². The van der Waals surface area contributed by atoms with Gasteiger partial charge in [-0.2, -0.15) is 5.10 Å². The summed E-state index contributed by atoms with van der Waals surface area (Å²) in [6.45, 7) is 8.38. The van der Waals surface area contributed by atoms with Gasteiger partial charge < -0.3 is 5.32 Å². The Morgan fingerprint density at radius 2 is 1.84 bits per heavy atom. The van der Waals surface area contributed by atoms with Crippen LogP contribution in [0.5, 0.6) is 0 Å². The van der Waals surface area contributed by atoms with E-state index < -0.39 is 0 Å². The number of anilines is 1. The third-order valence-electron chi connectivity index (χ3n) is 3.96. The zero-order valence-corrected chi connectivity index (χ0v) is 15.7. The molecule has 130 valence electrons. The topological polar surface area (TPSA) is 59.8 Å². The van der Waals surface area contributed by atoms with Crippen LogP contribution in [0.1, 0.15) is 55.7 Å². The Morgan fingerprint density at radius 3 is 2.48 bits per heavy atom. The lowest BCUT2D eigenvalue weighted by molar-refractivity contribution is 0.102. The lowest BCUT2D eigenvalue weighted by Gasteiger charge is -2.10. The van der Waals surface area contributed by atoms with Crippen LogP contribution >= 0.6 is 11.3 Å². The molecule has 0 radical (unpaired) electrons. The molecule has 0 saturated heterocycles. The van der Waals surface area contributed by atoms with Gasteiger partial charge in [-0.25, -0.2) is 9.67 Å². The fourth-order valence-electron chi connectivity index (χ4n) is 2.53. The minimum absolute atomic E-state index is 0.177. The van der Waals surface area contributed by atoms with Crippen molar-refractivity contribution in [3.8, 4) is 10.6 Å². The molecule has 0 aliphatic carbocycles. The number of amides is 1. The summed E-state index contributed by atoms with van der Waals surface area (Å²) in [7, 11) is 0. The largest absolute Gasteiger partial charge is 0.305 e. The van der Waals surface area contributed by atoms with Gasteiger partial charge >= 0.3 is 0 Å². The molecule has 6 heteroatoms. The van der Waals surface area contributed by atoms with Crippen molar-refractivity contribution < 1.29 is 4.79 Å². The molecule has 0 bridgehead atoms. The first-order valence-corrected chi connectivity index (χ1v) is 9.24. The molecule has 1 aromatic carbocycles. The van der Waals surface area contributed by atoms with Crippen LogP contribution in [0.4, 0.5) is 5.82 Å². The number of rotatable bonds is 5. The van der Waals surface area contributed by atoms with Crippen molar-refractivity contribution in [2.24, 2.45) is 0 Å². The van der Waals surface area contributed by atoms with Gasteiger partial charge in [0.05, 0.1) is 6.20 Å². The van der Waals surface area contributed by atoms with E-state index in [2.05, 4.69) is 53.5 Å². The van der Waals surface area contributed by atoms with Crippen molar-refractivity contribution in [2.45, 2.75) is 39.7 Å². The molecule has 2 aromatic heterocycles. The molecule has 1 amide bonds. The first-order valence-electron chi connectivity index (χ1n) is 8.36. The molecule has 0 unspecified atom stereocenters.